The number of nitrogens with one attached hydrogen (secondary N) is 1. The fourth-order valence-corrected chi connectivity index (χ4v) is 1.84. The summed E-state index contributed by atoms with van der Waals surface area (Å²) in [7, 11) is 0. The molecule has 8 nitrogen and oxygen atoms in total. The van der Waals surface area contributed by atoms with Crippen molar-refractivity contribution < 1.29 is 14.6 Å². The van der Waals surface area contributed by atoms with E-state index < -0.39 is 11.5 Å². The molecule has 8 heteroatoms. The van der Waals surface area contributed by atoms with E-state index in [1.54, 1.807) is 6.92 Å². The van der Waals surface area contributed by atoms with Gasteiger partial charge >= 0.3 is 5.97 Å². The Morgan fingerprint density at radius 3 is 3.00 bits per heavy atom. The number of carbonyl (C=O) groups excluding carboxylic acids is 1. The molecule has 2 aromatic rings. The fraction of sp³-hybridized carbons (Fsp3) is 0.333. The quantitative estimate of drug-likeness (QED) is 0.733. The van der Waals surface area contributed by atoms with Crippen LogP contribution < -0.4 is 5.56 Å². The first-order chi connectivity index (χ1) is 9.63. The van der Waals surface area contributed by atoms with Crippen molar-refractivity contribution in [2.75, 3.05) is 13.2 Å². The number of esters is 1. The molecule has 0 fully saturated rings. The van der Waals surface area contributed by atoms with Gasteiger partial charge in [0, 0.05) is 19.2 Å². The number of aliphatic hydroxyl groups excluding tert-OH is 1. The zero-order valence-electron chi connectivity index (χ0n) is 10.7. The number of nitriles is 1. The highest BCUT2D eigenvalue weighted by atomic mass is 16.5. The van der Waals surface area contributed by atoms with Crippen LogP contribution in [-0.2, 0) is 11.2 Å². The summed E-state index contributed by atoms with van der Waals surface area (Å²) in [6.07, 6.45) is 1.30. The van der Waals surface area contributed by atoms with Crippen LogP contribution in [0.15, 0.2) is 11.0 Å². The molecular formula is C12H12N4O4. The maximum absolute atomic E-state index is 12.2. The molecule has 0 bridgehead atoms. The third-order valence-electron chi connectivity index (χ3n) is 2.71. The van der Waals surface area contributed by atoms with Gasteiger partial charge < -0.3 is 9.84 Å². The minimum Gasteiger partial charge on any atom is -0.461 e. The molecule has 0 saturated heterocycles. The van der Waals surface area contributed by atoms with E-state index in [4.69, 9.17) is 15.1 Å². The van der Waals surface area contributed by atoms with Gasteiger partial charge in [-0.25, -0.2) is 14.3 Å². The zero-order chi connectivity index (χ0) is 14.7. The smallest absolute Gasteiger partial charge is 0.357 e. The standard InChI is InChI=1S/C12H12N4O4/c1-2-20-12(19)9-8(3-4-17)11(18)16-10(15-9)7(5-13)6-14-16/h6,14,17H,2-4H2,1H3. The molecule has 0 aliphatic rings. The van der Waals surface area contributed by atoms with Gasteiger partial charge in [-0.15, -0.1) is 0 Å². The maximum atomic E-state index is 12.2. The highest BCUT2D eigenvalue weighted by Crippen LogP contribution is 2.10. The third kappa shape index (κ3) is 2.15. The Morgan fingerprint density at radius 2 is 2.40 bits per heavy atom. The molecule has 0 aromatic carbocycles. The highest BCUT2D eigenvalue weighted by Gasteiger charge is 2.21. The van der Waals surface area contributed by atoms with Gasteiger partial charge in [0.1, 0.15) is 11.6 Å². The van der Waals surface area contributed by atoms with E-state index in [0.29, 0.717) is 0 Å². The molecule has 0 aliphatic carbocycles. The van der Waals surface area contributed by atoms with Crippen LogP contribution in [0.1, 0.15) is 28.5 Å². The van der Waals surface area contributed by atoms with Crippen molar-refractivity contribution >= 4 is 11.6 Å². The van der Waals surface area contributed by atoms with Gasteiger partial charge in [-0.2, -0.15) is 5.26 Å². The SMILES string of the molecule is CCOC(=O)c1nc2c(C#N)c[nH]n2c(=O)c1CCO. The number of aromatic nitrogens is 3. The lowest BCUT2D eigenvalue weighted by atomic mass is 10.1. The first kappa shape index (κ1) is 13.8. The Balaban J connectivity index is 2.76. The lowest BCUT2D eigenvalue weighted by molar-refractivity contribution is 0.0517. The van der Waals surface area contributed by atoms with Crippen LogP contribution in [0.4, 0.5) is 0 Å². The van der Waals surface area contributed by atoms with Gasteiger partial charge in [0.2, 0.25) is 0 Å². The van der Waals surface area contributed by atoms with Crippen molar-refractivity contribution in [2.45, 2.75) is 13.3 Å². The lowest BCUT2D eigenvalue weighted by Crippen LogP contribution is -2.26. The van der Waals surface area contributed by atoms with Gasteiger partial charge in [-0.05, 0) is 6.92 Å². The highest BCUT2D eigenvalue weighted by molar-refractivity contribution is 5.89. The molecule has 2 aromatic heterocycles. The summed E-state index contributed by atoms with van der Waals surface area (Å²) in [4.78, 5) is 28.1. The number of rotatable bonds is 4. The van der Waals surface area contributed by atoms with Crippen molar-refractivity contribution in [2.24, 2.45) is 0 Å². The number of aliphatic hydroxyl groups is 1. The second kappa shape index (κ2) is 5.54. The third-order valence-corrected chi connectivity index (χ3v) is 2.71. The molecule has 104 valence electrons. The summed E-state index contributed by atoms with van der Waals surface area (Å²) in [6.45, 7) is 1.46. The summed E-state index contributed by atoms with van der Waals surface area (Å²) in [5.74, 6) is -0.749. The van der Waals surface area contributed by atoms with Crippen molar-refractivity contribution in [3.05, 3.63) is 33.4 Å². The number of carbonyl (C=O) groups is 1. The summed E-state index contributed by atoms with van der Waals surface area (Å²) in [5, 5.41) is 20.5. The van der Waals surface area contributed by atoms with Crippen molar-refractivity contribution in [1.29, 1.82) is 5.26 Å². The largest absolute Gasteiger partial charge is 0.461 e. The molecule has 0 atom stereocenters. The average molecular weight is 276 g/mol. The van der Waals surface area contributed by atoms with Crippen molar-refractivity contribution in [3.8, 4) is 6.07 Å². The Kier molecular flexibility index (Phi) is 3.81. The van der Waals surface area contributed by atoms with E-state index in [1.165, 1.54) is 6.20 Å². The molecule has 0 radical (unpaired) electrons. The van der Waals surface area contributed by atoms with Gasteiger partial charge in [-0.3, -0.25) is 9.89 Å². The summed E-state index contributed by atoms with van der Waals surface area (Å²) in [6, 6.07) is 1.87. The number of H-pyrrole nitrogens is 1. The molecule has 0 unspecified atom stereocenters. The minimum atomic E-state index is -0.749. The summed E-state index contributed by atoms with van der Waals surface area (Å²) in [5.41, 5.74) is -0.448. The maximum Gasteiger partial charge on any atom is 0.357 e. The predicted octanol–water partition coefficient (Wildman–Crippen LogP) is -0.394. The van der Waals surface area contributed by atoms with E-state index in [0.717, 1.165) is 4.52 Å². The molecule has 2 N–H and O–H groups in total. The van der Waals surface area contributed by atoms with Crippen LogP contribution in [-0.4, -0.2) is 38.9 Å². The van der Waals surface area contributed by atoms with E-state index in [1.807, 2.05) is 6.07 Å². The lowest BCUT2D eigenvalue weighted by Gasteiger charge is -2.07. The zero-order valence-corrected chi connectivity index (χ0v) is 10.7. The number of fused-ring (bicyclic) bond motifs is 1. The van der Waals surface area contributed by atoms with E-state index in [2.05, 4.69) is 10.1 Å². The van der Waals surface area contributed by atoms with Crippen LogP contribution in [0.25, 0.3) is 5.65 Å². The molecule has 0 spiro atoms. The Morgan fingerprint density at radius 1 is 1.65 bits per heavy atom. The van der Waals surface area contributed by atoms with E-state index in [9.17, 15) is 9.59 Å². The van der Waals surface area contributed by atoms with Gasteiger partial charge in [-0.1, -0.05) is 0 Å². The number of hydrogen-bond donors (Lipinski definition) is 2. The Hall–Kier alpha value is -2.66. The van der Waals surface area contributed by atoms with Gasteiger partial charge in [0.15, 0.2) is 11.3 Å². The van der Waals surface area contributed by atoms with Crippen LogP contribution in [0.2, 0.25) is 0 Å². The Bertz CT molecular complexity index is 753. The number of hydrogen-bond acceptors (Lipinski definition) is 6. The van der Waals surface area contributed by atoms with E-state index in [-0.39, 0.29) is 42.1 Å². The number of ether oxygens (including phenoxy) is 1. The van der Waals surface area contributed by atoms with Crippen LogP contribution >= 0.6 is 0 Å². The van der Waals surface area contributed by atoms with Crippen molar-refractivity contribution in [1.82, 2.24) is 14.6 Å². The number of aromatic amines is 1. The normalized spacial score (nSPS) is 10.4. The molecule has 2 heterocycles. The molecule has 2 rings (SSSR count). The fourth-order valence-electron chi connectivity index (χ4n) is 1.84. The summed E-state index contributed by atoms with van der Waals surface area (Å²) >= 11 is 0. The monoisotopic (exact) mass is 276 g/mol. The first-order valence-corrected chi connectivity index (χ1v) is 5.95. The van der Waals surface area contributed by atoms with Crippen LogP contribution in [0, 0.1) is 11.3 Å². The van der Waals surface area contributed by atoms with Gasteiger partial charge in [0.25, 0.3) is 5.56 Å². The second-order valence-electron chi connectivity index (χ2n) is 3.90. The molecule has 0 saturated carbocycles. The van der Waals surface area contributed by atoms with Gasteiger partial charge in [0.05, 0.1) is 12.2 Å². The summed E-state index contributed by atoms with van der Waals surface area (Å²) < 4.78 is 5.91. The Labute approximate surface area is 113 Å². The van der Waals surface area contributed by atoms with Crippen LogP contribution in [0.5, 0.6) is 0 Å². The average Bonchev–Trinajstić information content (AvgIpc) is 2.85. The molecule has 0 aliphatic heterocycles. The minimum absolute atomic E-state index is 0.0240. The second-order valence-corrected chi connectivity index (χ2v) is 3.90. The molecular weight excluding hydrogens is 264 g/mol. The molecule has 0 amide bonds. The number of nitrogens with zero attached hydrogens (tertiary/aromatic N) is 3. The van der Waals surface area contributed by atoms with E-state index >= 15 is 0 Å². The first-order valence-electron chi connectivity index (χ1n) is 5.95. The van der Waals surface area contributed by atoms with Crippen molar-refractivity contribution in [3.63, 3.8) is 0 Å². The van der Waals surface area contributed by atoms with Crippen LogP contribution in [0.3, 0.4) is 0 Å². The predicted molar refractivity (Wildman–Crippen MR) is 67.3 cm³/mol. The topological polar surface area (TPSA) is 120 Å². The molecule has 20 heavy (non-hydrogen) atoms.